The van der Waals surface area contributed by atoms with Gasteiger partial charge >= 0.3 is 0 Å². The minimum Gasteiger partial charge on any atom is -0.376 e. The SMILES string of the molecule is CC(C)C(C)(C#N)NC(=O)CSc1nnc(-c2c[nH]c3ccccc23)n1CC1CCCO1. The Labute approximate surface area is 191 Å². The molecule has 9 heteroatoms. The number of benzene rings is 1. The summed E-state index contributed by atoms with van der Waals surface area (Å²) >= 11 is 1.33. The number of fused-ring (bicyclic) bond motifs is 1. The standard InChI is InChI=1S/C23H28N6O2S/c1-15(2)23(3,14-24)26-20(30)13-32-22-28-27-21(29(22)12-16-7-6-10-31-16)18-11-25-19-9-5-4-8-17(18)19/h4-5,8-9,11,15-16,25H,6-7,10,12-13H2,1-3H3,(H,26,30). The molecule has 0 aliphatic carbocycles. The van der Waals surface area contributed by atoms with Gasteiger partial charge in [-0.15, -0.1) is 10.2 Å². The van der Waals surface area contributed by atoms with E-state index in [1.807, 2.05) is 38.2 Å². The number of carbonyl (C=O) groups is 1. The second-order valence-corrected chi connectivity index (χ2v) is 9.55. The second-order valence-electron chi connectivity index (χ2n) is 8.61. The summed E-state index contributed by atoms with van der Waals surface area (Å²) in [5, 5.41) is 23.0. The number of hydrogen-bond acceptors (Lipinski definition) is 6. The Bertz CT molecular complexity index is 1140. The van der Waals surface area contributed by atoms with Crippen LogP contribution in [-0.4, -0.2) is 49.7 Å². The van der Waals surface area contributed by atoms with Gasteiger partial charge < -0.3 is 15.0 Å². The zero-order chi connectivity index (χ0) is 22.7. The Balaban J connectivity index is 1.58. The van der Waals surface area contributed by atoms with Gasteiger partial charge in [0.1, 0.15) is 5.54 Å². The average Bonchev–Trinajstić information content (AvgIpc) is 3.52. The highest BCUT2D eigenvalue weighted by molar-refractivity contribution is 7.99. The average molecular weight is 453 g/mol. The minimum absolute atomic E-state index is 0.00177. The van der Waals surface area contributed by atoms with Crippen LogP contribution in [0.15, 0.2) is 35.6 Å². The van der Waals surface area contributed by atoms with Gasteiger partial charge in [0.05, 0.1) is 24.5 Å². The number of aromatic amines is 1. The largest absolute Gasteiger partial charge is 0.376 e. The molecular weight excluding hydrogens is 424 g/mol. The number of hydrogen-bond donors (Lipinski definition) is 2. The van der Waals surface area contributed by atoms with E-state index in [0.29, 0.717) is 11.7 Å². The highest BCUT2D eigenvalue weighted by atomic mass is 32.2. The molecule has 0 spiro atoms. The summed E-state index contributed by atoms with van der Waals surface area (Å²) in [6, 6.07) is 10.3. The fourth-order valence-electron chi connectivity index (χ4n) is 3.76. The molecule has 0 bridgehead atoms. The fraction of sp³-hybridized carbons (Fsp3) is 0.478. The van der Waals surface area contributed by atoms with Crippen LogP contribution in [0.5, 0.6) is 0 Å². The molecule has 1 aliphatic heterocycles. The third kappa shape index (κ3) is 4.52. The van der Waals surface area contributed by atoms with Gasteiger partial charge in [0.25, 0.3) is 0 Å². The number of carbonyl (C=O) groups excluding carboxylic acids is 1. The van der Waals surface area contributed by atoms with Crippen molar-refractivity contribution in [1.82, 2.24) is 25.1 Å². The Morgan fingerprint density at radius 1 is 1.44 bits per heavy atom. The van der Waals surface area contributed by atoms with Crippen LogP contribution >= 0.6 is 11.8 Å². The maximum absolute atomic E-state index is 12.6. The monoisotopic (exact) mass is 452 g/mol. The van der Waals surface area contributed by atoms with Gasteiger partial charge in [-0.2, -0.15) is 5.26 Å². The van der Waals surface area contributed by atoms with Crippen molar-refractivity contribution < 1.29 is 9.53 Å². The maximum atomic E-state index is 12.6. The molecule has 32 heavy (non-hydrogen) atoms. The number of para-hydroxylation sites is 1. The van der Waals surface area contributed by atoms with E-state index in [-0.39, 0.29) is 23.7 Å². The van der Waals surface area contributed by atoms with Crippen molar-refractivity contribution in [3.05, 3.63) is 30.5 Å². The lowest BCUT2D eigenvalue weighted by atomic mass is 9.90. The van der Waals surface area contributed by atoms with Crippen molar-refractivity contribution in [3.63, 3.8) is 0 Å². The third-order valence-electron chi connectivity index (χ3n) is 6.08. The molecular formula is C23H28N6O2S. The van der Waals surface area contributed by atoms with Crippen molar-refractivity contribution in [2.75, 3.05) is 12.4 Å². The van der Waals surface area contributed by atoms with Crippen LogP contribution in [0.3, 0.4) is 0 Å². The van der Waals surface area contributed by atoms with Crippen molar-refractivity contribution in [1.29, 1.82) is 5.26 Å². The first-order valence-corrected chi connectivity index (χ1v) is 11.9. The van der Waals surface area contributed by atoms with Crippen LogP contribution in [-0.2, 0) is 16.1 Å². The second kappa shape index (κ2) is 9.35. The van der Waals surface area contributed by atoms with E-state index in [2.05, 4.69) is 37.2 Å². The predicted octanol–water partition coefficient (Wildman–Crippen LogP) is 3.75. The molecule has 1 aromatic carbocycles. The van der Waals surface area contributed by atoms with E-state index in [0.717, 1.165) is 41.7 Å². The first kappa shape index (κ1) is 22.4. The zero-order valence-corrected chi connectivity index (χ0v) is 19.4. The third-order valence-corrected chi connectivity index (χ3v) is 7.04. The molecule has 1 saturated heterocycles. The number of thioether (sulfide) groups is 1. The van der Waals surface area contributed by atoms with E-state index in [9.17, 15) is 10.1 Å². The Morgan fingerprint density at radius 2 is 2.25 bits per heavy atom. The van der Waals surface area contributed by atoms with Crippen molar-refractivity contribution in [2.45, 2.75) is 57.0 Å². The molecule has 1 aliphatic rings. The molecule has 3 heterocycles. The molecule has 1 fully saturated rings. The summed E-state index contributed by atoms with van der Waals surface area (Å²) in [7, 11) is 0. The lowest BCUT2D eigenvalue weighted by Gasteiger charge is -2.27. The molecule has 2 aromatic heterocycles. The predicted molar refractivity (Wildman–Crippen MR) is 124 cm³/mol. The molecule has 2 N–H and O–H groups in total. The summed E-state index contributed by atoms with van der Waals surface area (Å²) in [5.41, 5.74) is 1.10. The number of nitrogens with zero attached hydrogens (tertiary/aromatic N) is 4. The number of ether oxygens (including phenoxy) is 1. The van der Waals surface area contributed by atoms with Crippen LogP contribution < -0.4 is 5.32 Å². The number of amides is 1. The molecule has 1 amide bonds. The van der Waals surface area contributed by atoms with E-state index >= 15 is 0 Å². The lowest BCUT2D eigenvalue weighted by molar-refractivity contribution is -0.120. The molecule has 0 saturated carbocycles. The smallest absolute Gasteiger partial charge is 0.231 e. The van der Waals surface area contributed by atoms with Crippen LogP contribution in [0.4, 0.5) is 0 Å². The molecule has 4 rings (SSSR count). The van der Waals surface area contributed by atoms with Gasteiger partial charge in [0.15, 0.2) is 11.0 Å². The number of H-pyrrole nitrogens is 1. The highest BCUT2D eigenvalue weighted by Crippen LogP contribution is 2.31. The summed E-state index contributed by atoms with van der Waals surface area (Å²) in [6.45, 7) is 6.98. The van der Waals surface area contributed by atoms with Gasteiger partial charge in [-0.25, -0.2) is 0 Å². The molecule has 2 unspecified atom stereocenters. The van der Waals surface area contributed by atoms with Gasteiger partial charge in [0, 0.05) is 29.3 Å². The number of rotatable bonds is 8. The first-order chi connectivity index (χ1) is 15.4. The van der Waals surface area contributed by atoms with Gasteiger partial charge in [-0.05, 0) is 31.7 Å². The lowest BCUT2D eigenvalue weighted by Crippen LogP contribution is -2.49. The van der Waals surface area contributed by atoms with E-state index in [1.165, 1.54) is 11.8 Å². The highest BCUT2D eigenvalue weighted by Gasteiger charge is 2.30. The minimum atomic E-state index is -0.905. The van der Waals surface area contributed by atoms with Gasteiger partial charge in [-0.3, -0.25) is 9.36 Å². The normalized spacial score (nSPS) is 18.0. The number of nitriles is 1. The van der Waals surface area contributed by atoms with E-state index in [1.54, 1.807) is 6.92 Å². The fourth-order valence-corrected chi connectivity index (χ4v) is 4.51. The van der Waals surface area contributed by atoms with Crippen LogP contribution in [0, 0.1) is 17.2 Å². The van der Waals surface area contributed by atoms with Crippen molar-refractivity contribution in [2.24, 2.45) is 5.92 Å². The molecule has 0 radical (unpaired) electrons. The van der Waals surface area contributed by atoms with Crippen LogP contribution in [0.2, 0.25) is 0 Å². The van der Waals surface area contributed by atoms with Gasteiger partial charge in [-0.1, -0.05) is 43.8 Å². The number of nitrogens with one attached hydrogen (secondary N) is 2. The van der Waals surface area contributed by atoms with Crippen LogP contribution in [0.25, 0.3) is 22.3 Å². The Hall–Kier alpha value is -2.83. The van der Waals surface area contributed by atoms with Crippen LogP contribution in [0.1, 0.15) is 33.6 Å². The quantitative estimate of drug-likeness (QED) is 0.504. The Morgan fingerprint density at radius 3 is 2.97 bits per heavy atom. The molecule has 3 aromatic rings. The summed E-state index contributed by atoms with van der Waals surface area (Å²) in [5.74, 6) is 0.706. The topological polar surface area (TPSA) is 109 Å². The number of aromatic nitrogens is 4. The summed E-state index contributed by atoms with van der Waals surface area (Å²) in [4.78, 5) is 15.9. The molecule has 168 valence electrons. The zero-order valence-electron chi connectivity index (χ0n) is 18.6. The van der Waals surface area contributed by atoms with Gasteiger partial charge in [0.2, 0.25) is 5.91 Å². The van der Waals surface area contributed by atoms with E-state index in [4.69, 9.17) is 4.74 Å². The van der Waals surface area contributed by atoms with Crippen molar-refractivity contribution >= 4 is 28.6 Å². The summed E-state index contributed by atoms with van der Waals surface area (Å²) < 4.78 is 7.92. The molecule has 2 atom stereocenters. The maximum Gasteiger partial charge on any atom is 0.231 e. The summed E-state index contributed by atoms with van der Waals surface area (Å²) in [6.07, 6.45) is 4.08. The Kier molecular flexibility index (Phi) is 6.53. The van der Waals surface area contributed by atoms with Crippen molar-refractivity contribution in [3.8, 4) is 17.5 Å². The first-order valence-electron chi connectivity index (χ1n) is 10.9. The van der Waals surface area contributed by atoms with E-state index < -0.39 is 5.54 Å². The molecule has 8 nitrogen and oxygen atoms in total.